The normalized spacial score (nSPS) is 10.0. The van der Waals surface area contributed by atoms with Gasteiger partial charge in [-0.2, -0.15) is 0 Å². The topological polar surface area (TPSA) is 58.9 Å². The number of carbonyl (C=O) groups is 1. The first-order chi connectivity index (χ1) is 5.27. The van der Waals surface area contributed by atoms with Crippen LogP contribution in [0.25, 0.3) is 0 Å². The Hall–Kier alpha value is -1.09. The molecule has 1 rings (SSSR count). The smallest absolute Gasteiger partial charge is 0.164 e. The second-order valence-electron chi connectivity index (χ2n) is 2.39. The van der Waals surface area contributed by atoms with Gasteiger partial charge in [0.25, 0.3) is 0 Å². The summed E-state index contributed by atoms with van der Waals surface area (Å²) in [7, 11) is 0. The van der Waals surface area contributed by atoms with Crippen molar-refractivity contribution in [1.82, 2.24) is 4.98 Å². The second kappa shape index (κ2) is 3.34. The van der Waals surface area contributed by atoms with E-state index in [2.05, 4.69) is 4.98 Å². The molecule has 0 amide bonds. The molecule has 0 aliphatic heterocycles. The van der Waals surface area contributed by atoms with Crippen molar-refractivity contribution in [2.24, 2.45) is 5.73 Å². The van der Waals surface area contributed by atoms with E-state index in [0.29, 0.717) is 13.0 Å². The van der Waals surface area contributed by atoms with Gasteiger partial charge in [0, 0.05) is 30.4 Å². The number of ketones is 1. The number of hydrogen-bond acceptors (Lipinski definition) is 2. The molecule has 0 aliphatic rings. The van der Waals surface area contributed by atoms with Crippen molar-refractivity contribution >= 4 is 5.78 Å². The van der Waals surface area contributed by atoms with Gasteiger partial charge in [-0.05, 0) is 6.07 Å². The molecule has 0 bridgehead atoms. The summed E-state index contributed by atoms with van der Waals surface area (Å²) in [4.78, 5) is 14.0. The molecule has 0 unspecified atom stereocenters. The van der Waals surface area contributed by atoms with E-state index in [9.17, 15) is 4.79 Å². The van der Waals surface area contributed by atoms with Crippen molar-refractivity contribution in [2.45, 2.75) is 19.9 Å². The van der Waals surface area contributed by atoms with E-state index in [4.69, 9.17) is 5.73 Å². The lowest BCUT2D eigenvalue weighted by atomic mass is 10.2. The fourth-order valence-corrected chi connectivity index (χ4v) is 0.924. The third-order valence-corrected chi connectivity index (χ3v) is 1.61. The molecule has 0 radical (unpaired) electrons. The lowest BCUT2D eigenvalue weighted by molar-refractivity contribution is 0.0988. The van der Waals surface area contributed by atoms with Crippen molar-refractivity contribution in [2.75, 3.05) is 0 Å². The van der Waals surface area contributed by atoms with Gasteiger partial charge in [-0.25, -0.2) is 0 Å². The molecule has 0 spiro atoms. The van der Waals surface area contributed by atoms with E-state index in [0.717, 1.165) is 11.3 Å². The van der Waals surface area contributed by atoms with Gasteiger partial charge >= 0.3 is 0 Å². The molecule has 0 aliphatic carbocycles. The summed E-state index contributed by atoms with van der Waals surface area (Å²) in [6.45, 7) is 2.30. The van der Waals surface area contributed by atoms with E-state index in [-0.39, 0.29) is 5.78 Å². The maximum atomic E-state index is 11.1. The van der Waals surface area contributed by atoms with Crippen molar-refractivity contribution in [3.8, 4) is 0 Å². The molecule has 60 valence electrons. The molecular formula is C8H12N2O. The number of aromatic amines is 1. The highest BCUT2D eigenvalue weighted by atomic mass is 16.1. The minimum absolute atomic E-state index is 0.154. The third-order valence-electron chi connectivity index (χ3n) is 1.61. The van der Waals surface area contributed by atoms with Crippen LogP contribution in [-0.2, 0) is 6.54 Å². The Morgan fingerprint density at radius 2 is 2.45 bits per heavy atom. The van der Waals surface area contributed by atoms with Crippen LogP contribution < -0.4 is 5.73 Å². The van der Waals surface area contributed by atoms with E-state index < -0.39 is 0 Å². The van der Waals surface area contributed by atoms with Crippen LogP contribution in [0.4, 0.5) is 0 Å². The third kappa shape index (κ3) is 1.68. The van der Waals surface area contributed by atoms with Crippen LogP contribution in [0.15, 0.2) is 12.3 Å². The Morgan fingerprint density at radius 1 is 1.73 bits per heavy atom. The SMILES string of the molecule is CCC(=O)c1c[nH]c(CN)c1. The Labute approximate surface area is 65.6 Å². The molecule has 3 heteroatoms. The number of hydrogen-bond donors (Lipinski definition) is 2. The molecule has 0 aromatic carbocycles. The molecular weight excluding hydrogens is 140 g/mol. The zero-order chi connectivity index (χ0) is 8.27. The number of carbonyl (C=O) groups excluding carboxylic acids is 1. The minimum atomic E-state index is 0.154. The summed E-state index contributed by atoms with van der Waals surface area (Å²) in [5.41, 5.74) is 7.00. The number of H-pyrrole nitrogens is 1. The molecule has 3 N–H and O–H groups in total. The summed E-state index contributed by atoms with van der Waals surface area (Å²) in [5.74, 6) is 0.154. The summed E-state index contributed by atoms with van der Waals surface area (Å²) >= 11 is 0. The number of aromatic nitrogens is 1. The fourth-order valence-electron chi connectivity index (χ4n) is 0.924. The van der Waals surface area contributed by atoms with Crippen molar-refractivity contribution < 1.29 is 4.79 Å². The Morgan fingerprint density at radius 3 is 2.91 bits per heavy atom. The molecule has 1 heterocycles. The lowest BCUT2D eigenvalue weighted by Crippen LogP contribution is -1.96. The van der Waals surface area contributed by atoms with Crippen LogP contribution in [-0.4, -0.2) is 10.8 Å². The van der Waals surface area contributed by atoms with Gasteiger partial charge in [-0.1, -0.05) is 6.92 Å². The standard InChI is InChI=1S/C8H12N2O/c1-2-8(11)6-3-7(4-9)10-5-6/h3,5,10H,2,4,9H2,1H3. The van der Waals surface area contributed by atoms with Crippen molar-refractivity contribution in [3.05, 3.63) is 23.5 Å². The van der Waals surface area contributed by atoms with E-state index in [1.165, 1.54) is 0 Å². The van der Waals surface area contributed by atoms with Crippen LogP contribution >= 0.6 is 0 Å². The number of nitrogens with one attached hydrogen (secondary N) is 1. The zero-order valence-corrected chi connectivity index (χ0v) is 6.55. The minimum Gasteiger partial charge on any atom is -0.363 e. The highest BCUT2D eigenvalue weighted by molar-refractivity contribution is 5.95. The largest absolute Gasteiger partial charge is 0.363 e. The molecule has 11 heavy (non-hydrogen) atoms. The summed E-state index contributed by atoms with van der Waals surface area (Å²) in [5, 5.41) is 0. The van der Waals surface area contributed by atoms with Gasteiger partial charge in [-0.3, -0.25) is 4.79 Å². The second-order valence-corrected chi connectivity index (χ2v) is 2.39. The summed E-state index contributed by atoms with van der Waals surface area (Å²) < 4.78 is 0. The van der Waals surface area contributed by atoms with Gasteiger partial charge in [0.15, 0.2) is 5.78 Å². The van der Waals surface area contributed by atoms with Crippen LogP contribution in [0.1, 0.15) is 29.4 Å². The average Bonchev–Trinajstić information content (AvgIpc) is 2.50. The maximum Gasteiger partial charge on any atom is 0.164 e. The van der Waals surface area contributed by atoms with E-state index >= 15 is 0 Å². The average molecular weight is 152 g/mol. The van der Waals surface area contributed by atoms with Gasteiger partial charge in [0.1, 0.15) is 0 Å². The Balaban J connectivity index is 2.80. The maximum absolute atomic E-state index is 11.1. The quantitative estimate of drug-likeness (QED) is 0.636. The molecule has 0 saturated carbocycles. The molecule has 3 nitrogen and oxygen atoms in total. The highest BCUT2D eigenvalue weighted by Crippen LogP contribution is 2.05. The van der Waals surface area contributed by atoms with Crippen LogP contribution in [0.2, 0.25) is 0 Å². The Bertz CT molecular complexity index is 252. The Kier molecular flexibility index (Phi) is 2.44. The van der Waals surface area contributed by atoms with Crippen molar-refractivity contribution in [3.63, 3.8) is 0 Å². The zero-order valence-electron chi connectivity index (χ0n) is 6.55. The molecule has 1 aromatic rings. The molecule has 0 atom stereocenters. The van der Waals surface area contributed by atoms with Gasteiger partial charge in [0.2, 0.25) is 0 Å². The van der Waals surface area contributed by atoms with Crippen LogP contribution in [0.5, 0.6) is 0 Å². The first-order valence-corrected chi connectivity index (χ1v) is 3.68. The van der Waals surface area contributed by atoms with Gasteiger partial charge in [0.05, 0.1) is 0 Å². The summed E-state index contributed by atoms with van der Waals surface area (Å²) in [6.07, 6.45) is 2.25. The number of Topliss-reactive ketones (excluding diaryl/α,β-unsaturated/α-hetero) is 1. The highest BCUT2D eigenvalue weighted by Gasteiger charge is 2.04. The number of rotatable bonds is 3. The number of nitrogens with two attached hydrogens (primary N) is 1. The monoisotopic (exact) mass is 152 g/mol. The summed E-state index contributed by atoms with van der Waals surface area (Å²) in [6, 6.07) is 1.80. The van der Waals surface area contributed by atoms with Crippen LogP contribution in [0.3, 0.4) is 0 Å². The fraction of sp³-hybridized carbons (Fsp3) is 0.375. The molecule has 0 saturated heterocycles. The molecule has 1 aromatic heterocycles. The lowest BCUT2D eigenvalue weighted by Gasteiger charge is -1.88. The molecule has 0 fully saturated rings. The van der Waals surface area contributed by atoms with Gasteiger partial charge in [-0.15, -0.1) is 0 Å². The predicted molar refractivity (Wildman–Crippen MR) is 43.3 cm³/mol. The predicted octanol–water partition coefficient (Wildman–Crippen LogP) is 1.07. The van der Waals surface area contributed by atoms with Gasteiger partial charge < -0.3 is 10.7 Å². The first-order valence-electron chi connectivity index (χ1n) is 3.68. The van der Waals surface area contributed by atoms with E-state index in [1.54, 1.807) is 12.3 Å². The van der Waals surface area contributed by atoms with Crippen LogP contribution in [0, 0.1) is 0 Å². The van der Waals surface area contributed by atoms with E-state index in [1.807, 2.05) is 6.92 Å². The first kappa shape index (κ1) is 8.01. The van der Waals surface area contributed by atoms with Crippen molar-refractivity contribution in [1.29, 1.82) is 0 Å².